The average Bonchev–Trinajstić information content (AvgIpc) is 2.48. The molecule has 0 aliphatic carbocycles. The molecule has 0 fully saturated rings. The fraction of sp³-hybridized carbons (Fsp3) is 0.850. The van der Waals surface area contributed by atoms with Gasteiger partial charge in [0.25, 0.3) is 0 Å². The molecule has 0 amide bonds. The van der Waals surface area contributed by atoms with E-state index in [-0.39, 0.29) is 5.97 Å². The van der Waals surface area contributed by atoms with Gasteiger partial charge >= 0.3 is 5.97 Å². The molecule has 0 bridgehead atoms. The number of rotatable bonds is 15. The second-order valence-electron chi connectivity index (χ2n) is 6.70. The van der Waals surface area contributed by atoms with E-state index in [2.05, 4.69) is 26.8 Å². The zero-order valence-electron chi connectivity index (χ0n) is 15.2. The number of carbonyl (C=O) groups is 1. The highest BCUT2D eigenvalue weighted by Gasteiger charge is 2.01. The minimum atomic E-state index is -0.0435. The molecule has 0 rings (SSSR count). The smallest absolute Gasteiger partial charge is 0.306 e. The van der Waals surface area contributed by atoms with E-state index >= 15 is 0 Å². The lowest BCUT2D eigenvalue weighted by Crippen LogP contribution is -2.04. The van der Waals surface area contributed by atoms with Crippen molar-refractivity contribution in [3.63, 3.8) is 0 Å². The second kappa shape index (κ2) is 16.6. The molecule has 0 aromatic heterocycles. The van der Waals surface area contributed by atoms with Crippen molar-refractivity contribution in [1.82, 2.24) is 0 Å². The summed E-state index contributed by atoms with van der Waals surface area (Å²) in [6.07, 6.45) is 18.3. The standard InChI is InChI=1S/C20H38O2/c1-4-5-6-7-12-15-18-22-20(21)17-14-11-9-8-10-13-16-19(2)3/h12,15,19H,4-11,13-14,16-18H2,1-3H3/b15-12-. The van der Waals surface area contributed by atoms with Gasteiger partial charge in [-0.1, -0.05) is 84.3 Å². The molecule has 0 aromatic rings. The quantitative estimate of drug-likeness (QED) is 0.197. The van der Waals surface area contributed by atoms with E-state index in [1.807, 2.05) is 6.08 Å². The maximum absolute atomic E-state index is 11.5. The fourth-order valence-electron chi connectivity index (χ4n) is 2.44. The van der Waals surface area contributed by atoms with Crippen molar-refractivity contribution < 1.29 is 9.53 Å². The predicted octanol–water partition coefficient (Wildman–Crippen LogP) is 6.44. The Balaban J connectivity index is 3.25. The fourth-order valence-corrected chi connectivity index (χ4v) is 2.44. The van der Waals surface area contributed by atoms with Crippen molar-refractivity contribution in [2.24, 2.45) is 5.92 Å². The van der Waals surface area contributed by atoms with Crippen molar-refractivity contribution in [1.29, 1.82) is 0 Å². The molecule has 0 saturated heterocycles. The van der Waals surface area contributed by atoms with Gasteiger partial charge in [-0.2, -0.15) is 0 Å². The summed E-state index contributed by atoms with van der Waals surface area (Å²) in [5.41, 5.74) is 0. The van der Waals surface area contributed by atoms with Gasteiger partial charge in [-0.25, -0.2) is 0 Å². The number of esters is 1. The van der Waals surface area contributed by atoms with Gasteiger partial charge in [-0.05, 0) is 25.2 Å². The third kappa shape index (κ3) is 17.3. The summed E-state index contributed by atoms with van der Waals surface area (Å²) in [7, 11) is 0. The van der Waals surface area contributed by atoms with Gasteiger partial charge in [0, 0.05) is 6.42 Å². The summed E-state index contributed by atoms with van der Waals surface area (Å²) in [5.74, 6) is 0.786. The van der Waals surface area contributed by atoms with Crippen LogP contribution in [0.1, 0.15) is 97.8 Å². The van der Waals surface area contributed by atoms with Gasteiger partial charge in [0.1, 0.15) is 6.61 Å². The lowest BCUT2D eigenvalue weighted by atomic mass is 10.0. The Morgan fingerprint density at radius 1 is 0.909 bits per heavy atom. The van der Waals surface area contributed by atoms with E-state index in [9.17, 15) is 4.79 Å². The number of hydrogen-bond acceptors (Lipinski definition) is 2. The zero-order valence-corrected chi connectivity index (χ0v) is 15.2. The molecule has 2 heteroatoms. The molecular formula is C20H38O2. The van der Waals surface area contributed by atoms with Gasteiger partial charge in [-0.15, -0.1) is 0 Å². The second-order valence-corrected chi connectivity index (χ2v) is 6.70. The summed E-state index contributed by atoms with van der Waals surface area (Å²) in [6, 6.07) is 0. The molecule has 0 aliphatic heterocycles. The Morgan fingerprint density at radius 3 is 2.27 bits per heavy atom. The number of unbranched alkanes of at least 4 members (excludes halogenated alkanes) is 8. The molecule has 22 heavy (non-hydrogen) atoms. The van der Waals surface area contributed by atoms with Crippen LogP contribution in [-0.4, -0.2) is 12.6 Å². The van der Waals surface area contributed by atoms with E-state index in [1.54, 1.807) is 0 Å². The lowest BCUT2D eigenvalue weighted by Gasteiger charge is -2.04. The van der Waals surface area contributed by atoms with Crippen molar-refractivity contribution in [3.05, 3.63) is 12.2 Å². The van der Waals surface area contributed by atoms with Crippen LogP contribution in [0.5, 0.6) is 0 Å². The van der Waals surface area contributed by atoms with Gasteiger partial charge in [0.15, 0.2) is 0 Å². The van der Waals surface area contributed by atoms with Crippen molar-refractivity contribution in [3.8, 4) is 0 Å². The molecule has 2 nitrogen and oxygen atoms in total. The Kier molecular flexibility index (Phi) is 16.0. The lowest BCUT2D eigenvalue weighted by molar-refractivity contribution is -0.142. The molecule has 0 N–H and O–H groups in total. The van der Waals surface area contributed by atoms with Crippen LogP contribution in [0.25, 0.3) is 0 Å². The molecule has 0 aromatic carbocycles. The first-order valence-electron chi connectivity index (χ1n) is 9.47. The monoisotopic (exact) mass is 310 g/mol. The first kappa shape index (κ1) is 21.2. The highest BCUT2D eigenvalue weighted by molar-refractivity contribution is 5.69. The summed E-state index contributed by atoms with van der Waals surface area (Å²) in [4.78, 5) is 11.5. The molecule has 130 valence electrons. The van der Waals surface area contributed by atoms with Crippen LogP contribution < -0.4 is 0 Å². The maximum Gasteiger partial charge on any atom is 0.306 e. The van der Waals surface area contributed by atoms with Crippen molar-refractivity contribution in [2.45, 2.75) is 97.8 Å². The molecule has 0 saturated carbocycles. The predicted molar refractivity (Wildman–Crippen MR) is 96.0 cm³/mol. The minimum absolute atomic E-state index is 0.0435. The zero-order chi connectivity index (χ0) is 16.5. The number of carbonyl (C=O) groups excluding carboxylic acids is 1. The molecule has 0 unspecified atom stereocenters. The topological polar surface area (TPSA) is 26.3 Å². The average molecular weight is 311 g/mol. The van der Waals surface area contributed by atoms with Crippen LogP contribution in [0.4, 0.5) is 0 Å². The Bertz CT molecular complexity index is 269. The molecular weight excluding hydrogens is 272 g/mol. The van der Waals surface area contributed by atoms with Crippen LogP contribution in [0, 0.1) is 5.92 Å². The summed E-state index contributed by atoms with van der Waals surface area (Å²) < 4.78 is 5.19. The third-order valence-electron chi connectivity index (χ3n) is 3.89. The van der Waals surface area contributed by atoms with Gasteiger partial charge < -0.3 is 4.74 Å². The Morgan fingerprint density at radius 2 is 1.59 bits per heavy atom. The number of allylic oxidation sites excluding steroid dienone is 1. The Hall–Kier alpha value is -0.790. The first-order valence-corrected chi connectivity index (χ1v) is 9.47. The Labute approximate surface area is 138 Å². The van der Waals surface area contributed by atoms with E-state index in [0.29, 0.717) is 13.0 Å². The van der Waals surface area contributed by atoms with Crippen LogP contribution in [0.2, 0.25) is 0 Å². The maximum atomic E-state index is 11.5. The minimum Gasteiger partial charge on any atom is -0.461 e. The molecule has 0 heterocycles. The SMILES string of the molecule is CCCCC/C=C\COC(=O)CCCCCCCCC(C)C. The van der Waals surface area contributed by atoms with E-state index < -0.39 is 0 Å². The van der Waals surface area contributed by atoms with Gasteiger partial charge in [-0.3, -0.25) is 4.79 Å². The molecule has 0 aliphatic rings. The van der Waals surface area contributed by atoms with Crippen LogP contribution >= 0.6 is 0 Å². The normalized spacial score (nSPS) is 11.5. The summed E-state index contributed by atoms with van der Waals surface area (Å²) in [6.45, 7) is 7.22. The third-order valence-corrected chi connectivity index (χ3v) is 3.89. The summed E-state index contributed by atoms with van der Waals surface area (Å²) >= 11 is 0. The van der Waals surface area contributed by atoms with Crippen LogP contribution in [0.15, 0.2) is 12.2 Å². The van der Waals surface area contributed by atoms with Crippen molar-refractivity contribution >= 4 is 5.97 Å². The van der Waals surface area contributed by atoms with Crippen LogP contribution in [0.3, 0.4) is 0 Å². The summed E-state index contributed by atoms with van der Waals surface area (Å²) in [5, 5.41) is 0. The van der Waals surface area contributed by atoms with E-state index in [4.69, 9.17) is 4.74 Å². The van der Waals surface area contributed by atoms with E-state index in [1.165, 1.54) is 51.4 Å². The number of ether oxygens (including phenoxy) is 1. The van der Waals surface area contributed by atoms with E-state index in [0.717, 1.165) is 25.2 Å². The van der Waals surface area contributed by atoms with Crippen molar-refractivity contribution in [2.75, 3.05) is 6.61 Å². The molecule has 0 spiro atoms. The first-order chi connectivity index (χ1) is 10.7. The van der Waals surface area contributed by atoms with Gasteiger partial charge in [0.2, 0.25) is 0 Å². The number of hydrogen-bond donors (Lipinski definition) is 0. The highest BCUT2D eigenvalue weighted by Crippen LogP contribution is 2.12. The van der Waals surface area contributed by atoms with Crippen LogP contribution in [-0.2, 0) is 9.53 Å². The highest BCUT2D eigenvalue weighted by atomic mass is 16.5. The van der Waals surface area contributed by atoms with Gasteiger partial charge in [0.05, 0.1) is 0 Å². The molecule has 0 atom stereocenters. The largest absolute Gasteiger partial charge is 0.461 e. The molecule has 0 radical (unpaired) electrons.